The number of aromatic nitrogens is 3. The largest absolute Gasteiger partial charge is 0.326 e. The number of hydrogen-bond donors (Lipinski definition) is 1. The minimum atomic E-state index is -0.256. The van der Waals surface area contributed by atoms with Gasteiger partial charge < -0.3 is 5.73 Å². The first-order valence-electron chi connectivity index (χ1n) is 4.59. The van der Waals surface area contributed by atoms with E-state index in [1.165, 1.54) is 12.4 Å². The lowest BCUT2D eigenvalue weighted by Gasteiger charge is -2.04. The summed E-state index contributed by atoms with van der Waals surface area (Å²) in [7, 11) is 0. The topological polar surface area (TPSA) is 56.7 Å². The van der Waals surface area contributed by atoms with Gasteiger partial charge in [0.2, 0.25) is 0 Å². The van der Waals surface area contributed by atoms with Gasteiger partial charge in [0.25, 0.3) is 0 Å². The summed E-state index contributed by atoms with van der Waals surface area (Å²) in [4.78, 5) is 3.79. The standard InChI is InChI=1S/C10H11FN4/c11-10-3-8(4-12)1-2-9(10)5-15-7-13-6-14-15/h1-3,6-7H,4-5,12H2. The number of benzene rings is 1. The third-order valence-electron chi connectivity index (χ3n) is 2.15. The third kappa shape index (κ3) is 2.19. The fourth-order valence-corrected chi connectivity index (χ4v) is 1.33. The molecule has 0 atom stereocenters. The molecule has 5 heteroatoms. The number of rotatable bonds is 3. The lowest BCUT2D eigenvalue weighted by atomic mass is 10.1. The highest BCUT2D eigenvalue weighted by atomic mass is 19.1. The molecule has 2 aromatic rings. The zero-order valence-corrected chi connectivity index (χ0v) is 8.10. The Morgan fingerprint density at radius 2 is 2.27 bits per heavy atom. The summed E-state index contributed by atoms with van der Waals surface area (Å²) in [6.45, 7) is 0.733. The summed E-state index contributed by atoms with van der Waals surface area (Å²) < 4.78 is 15.1. The highest BCUT2D eigenvalue weighted by Gasteiger charge is 2.03. The summed E-state index contributed by atoms with van der Waals surface area (Å²) >= 11 is 0. The Kier molecular flexibility index (Phi) is 2.73. The van der Waals surface area contributed by atoms with Crippen molar-refractivity contribution in [3.05, 3.63) is 47.8 Å². The summed E-state index contributed by atoms with van der Waals surface area (Å²) in [5.74, 6) is -0.256. The molecular formula is C10H11FN4. The molecule has 2 N–H and O–H groups in total. The molecule has 0 fully saturated rings. The highest BCUT2D eigenvalue weighted by molar-refractivity contribution is 5.24. The van der Waals surface area contributed by atoms with Crippen LogP contribution in [0.2, 0.25) is 0 Å². The van der Waals surface area contributed by atoms with Gasteiger partial charge >= 0.3 is 0 Å². The lowest BCUT2D eigenvalue weighted by Crippen LogP contribution is -2.04. The maximum absolute atomic E-state index is 13.5. The second-order valence-corrected chi connectivity index (χ2v) is 3.22. The minimum Gasteiger partial charge on any atom is -0.326 e. The Morgan fingerprint density at radius 1 is 1.40 bits per heavy atom. The first kappa shape index (κ1) is 9.79. The number of nitrogens with two attached hydrogens (primary N) is 1. The van der Waals surface area contributed by atoms with E-state index in [1.54, 1.807) is 17.1 Å². The molecular weight excluding hydrogens is 195 g/mol. The summed E-state index contributed by atoms with van der Waals surface area (Å²) in [5, 5.41) is 3.91. The van der Waals surface area contributed by atoms with Crippen molar-refractivity contribution in [2.45, 2.75) is 13.1 Å². The lowest BCUT2D eigenvalue weighted by molar-refractivity contribution is 0.583. The Labute approximate surface area is 86.6 Å². The van der Waals surface area contributed by atoms with Gasteiger partial charge in [-0.05, 0) is 11.6 Å². The summed E-state index contributed by atoms with van der Waals surface area (Å²) in [6, 6.07) is 4.99. The Morgan fingerprint density at radius 3 is 2.87 bits per heavy atom. The normalized spacial score (nSPS) is 10.5. The van der Waals surface area contributed by atoms with Gasteiger partial charge in [-0.1, -0.05) is 12.1 Å². The van der Waals surface area contributed by atoms with Crippen LogP contribution in [0.1, 0.15) is 11.1 Å². The Bertz CT molecular complexity index is 439. The monoisotopic (exact) mass is 206 g/mol. The van der Waals surface area contributed by atoms with Crippen LogP contribution in [0, 0.1) is 5.82 Å². The fourth-order valence-electron chi connectivity index (χ4n) is 1.33. The van der Waals surface area contributed by atoms with E-state index in [0.29, 0.717) is 18.7 Å². The quantitative estimate of drug-likeness (QED) is 0.812. The molecule has 1 heterocycles. The van der Waals surface area contributed by atoms with Crippen molar-refractivity contribution in [3.8, 4) is 0 Å². The number of hydrogen-bond acceptors (Lipinski definition) is 3. The van der Waals surface area contributed by atoms with Gasteiger partial charge in [0, 0.05) is 12.1 Å². The van der Waals surface area contributed by atoms with Crippen LogP contribution in [-0.4, -0.2) is 14.8 Å². The fraction of sp³-hybridized carbons (Fsp3) is 0.200. The van der Waals surface area contributed by atoms with Gasteiger partial charge in [0.05, 0.1) is 6.54 Å². The van der Waals surface area contributed by atoms with Crippen LogP contribution < -0.4 is 5.73 Å². The van der Waals surface area contributed by atoms with Gasteiger partial charge in [-0.3, -0.25) is 0 Å². The van der Waals surface area contributed by atoms with Crippen LogP contribution in [-0.2, 0) is 13.1 Å². The van der Waals surface area contributed by atoms with E-state index >= 15 is 0 Å². The van der Waals surface area contributed by atoms with Crippen molar-refractivity contribution >= 4 is 0 Å². The molecule has 2 rings (SSSR count). The minimum absolute atomic E-state index is 0.256. The molecule has 0 saturated carbocycles. The molecule has 0 amide bonds. The SMILES string of the molecule is NCc1ccc(Cn2cncn2)c(F)c1. The molecule has 0 aliphatic heterocycles. The van der Waals surface area contributed by atoms with Gasteiger partial charge in [0.1, 0.15) is 18.5 Å². The summed E-state index contributed by atoms with van der Waals surface area (Å²) in [6.07, 6.45) is 2.97. The van der Waals surface area contributed by atoms with Crippen LogP contribution in [0.25, 0.3) is 0 Å². The molecule has 0 saturated heterocycles. The molecule has 15 heavy (non-hydrogen) atoms. The molecule has 0 spiro atoms. The van der Waals surface area contributed by atoms with Crippen molar-refractivity contribution in [2.24, 2.45) is 5.73 Å². The second-order valence-electron chi connectivity index (χ2n) is 3.22. The van der Waals surface area contributed by atoms with Crippen LogP contribution in [0.3, 0.4) is 0 Å². The van der Waals surface area contributed by atoms with Crippen LogP contribution in [0.5, 0.6) is 0 Å². The molecule has 1 aromatic carbocycles. The molecule has 0 aliphatic rings. The molecule has 4 nitrogen and oxygen atoms in total. The van der Waals surface area contributed by atoms with Crippen molar-refractivity contribution in [1.82, 2.24) is 14.8 Å². The van der Waals surface area contributed by atoms with Gasteiger partial charge in [0.15, 0.2) is 0 Å². The van der Waals surface area contributed by atoms with Crippen LogP contribution >= 0.6 is 0 Å². The van der Waals surface area contributed by atoms with E-state index in [9.17, 15) is 4.39 Å². The zero-order chi connectivity index (χ0) is 10.7. The van der Waals surface area contributed by atoms with Gasteiger partial charge in [-0.2, -0.15) is 5.10 Å². The smallest absolute Gasteiger partial charge is 0.137 e. The first-order valence-corrected chi connectivity index (χ1v) is 4.59. The third-order valence-corrected chi connectivity index (χ3v) is 2.15. The molecule has 0 radical (unpaired) electrons. The van der Waals surface area contributed by atoms with Crippen molar-refractivity contribution in [3.63, 3.8) is 0 Å². The van der Waals surface area contributed by atoms with E-state index < -0.39 is 0 Å². The maximum atomic E-state index is 13.5. The average Bonchev–Trinajstić information content (AvgIpc) is 2.74. The summed E-state index contributed by atoms with van der Waals surface area (Å²) in [5.41, 5.74) is 6.78. The highest BCUT2D eigenvalue weighted by Crippen LogP contribution is 2.11. The number of halogens is 1. The van der Waals surface area contributed by atoms with Crippen LogP contribution in [0.15, 0.2) is 30.9 Å². The molecule has 1 aromatic heterocycles. The van der Waals surface area contributed by atoms with Crippen molar-refractivity contribution in [1.29, 1.82) is 0 Å². The van der Waals surface area contributed by atoms with Gasteiger partial charge in [-0.25, -0.2) is 14.1 Å². The predicted octanol–water partition coefficient (Wildman–Crippen LogP) is 0.924. The molecule has 0 aliphatic carbocycles. The predicted molar refractivity (Wildman–Crippen MR) is 53.4 cm³/mol. The van der Waals surface area contributed by atoms with Crippen molar-refractivity contribution < 1.29 is 4.39 Å². The van der Waals surface area contributed by atoms with Crippen LogP contribution in [0.4, 0.5) is 4.39 Å². The zero-order valence-electron chi connectivity index (χ0n) is 8.10. The molecule has 0 unspecified atom stereocenters. The Hall–Kier alpha value is -1.75. The van der Waals surface area contributed by atoms with Gasteiger partial charge in [-0.15, -0.1) is 0 Å². The van der Waals surface area contributed by atoms with E-state index in [1.807, 2.05) is 6.07 Å². The van der Waals surface area contributed by atoms with E-state index in [2.05, 4.69) is 10.1 Å². The molecule has 0 bridgehead atoms. The number of nitrogens with zero attached hydrogens (tertiary/aromatic N) is 3. The first-order chi connectivity index (χ1) is 7.29. The molecule has 78 valence electrons. The van der Waals surface area contributed by atoms with E-state index in [0.717, 1.165) is 5.56 Å². The average molecular weight is 206 g/mol. The maximum Gasteiger partial charge on any atom is 0.137 e. The van der Waals surface area contributed by atoms with E-state index in [-0.39, 0.29) is 5.82 Å². The van der Waals surface area contributed by atoms with Crippen molar-refractivity contribution in [2.75, 3.05) is 0 Å². The van der Waals surface area contributed by atoms with E-state index in [4.69, 9.17) is 5.73 Å². The second kappa shape index (κ2) is 4.18. The Balaban J connectivity index is 2.22.